The second-order valence-electron chi connectivity index (χ2n) is 8.79. The van der Waals surface area contributed by atoms with Gasteiger partial charge < -0.3 is 4.90 Å². The molecule has 3 aliphatic rings. The van der Waals surface area contributed by atoms with Crippen LogP contribution in [0.15, 0.2) is 30.7 Å². The average molecular weight is 421 g/mol. The molecule has 3 aromatic rings. The Morgan fingerprint density at radius 2 is 2.10 bits per heavy atom. The van der Waals surface area contributed by atoms with Crippen LogP contribution in [0.1, 0.15) is 60.3 Å². The van der Waals surface area contributed by atoms with Gasteiger partial charge in [-0.05, 0) is 50.3 Å². The normalized spacial score (nSPS) is 24.3. The Hall–Kier alpha value is -3.07. The van der Waals surface area contributed by atoms with Gasteiger partial charge in [0.15, 0.2) is 5.65 Å². The number of halogens is 1. The molecule has 2 bridgehead atoms. The van der Waals surface area contributed by atoms with E-state index in [0.717, 1.165) is 49.3 Å². The van der Waals surface area contributed by atoms with Crippen molar-refractivity contribution >= 4 is 17.4 Å². The Bertz CT molecular complexity index is 1170. The van der Waals surface area contributed by atoms with E-state index in [1.54, 1.807) is 16.8 Å². The average Bonchev–Trinajstić information content (AvgIpc) is 3.32. The Labute approximate surface area is 179 Å². The van der Waals surface area contributed by atoms with Gasteiger partial charge in [-0.25, -0.2) is 18.9 Å². The lowest BCUT2D eigenvalue weighted by molar-refractivity contribution is 0.0676. The number of carbonyl (C=O) groups excluding carboxylic acids is 1. The van der Waals surface area contributed by atoms with Crippen molar-refractivity contribution in [3.8, 4) is 0 Å². The molecular formula is C22H24FN7O. The van der Waals surface area contributed by atoms with Crippen LogP contribution in [0.4, 0.5) is 10.2 Å². The van der Waals surface area contributed by atoms with Crippen molar-refractivity contribution in [1.82, 2.24) is 30.0 Å². The SMILES string of the molecule is CC1Cc2ncc(F)cc2C2CCCN2c2ccn3ncc(c3n2)C(=O)NN1C1CC1. The van der Waals surface area contributed by atoms with Crippen molar-refractivity contribution in [3.63, 3.8) is 0 Å². The second-order valence-corrected chi connectivity index (χ2v) is 8.79. The van der Waals surface area contributed by atoms with E-state index < -0.39 is 0 Å². The van der Waals surface area contributed by atoms with Crippen molar-refractivity contribution in [3.05, 3.63) is 53.4 Å². The third-order valence-electron chi connectivity index (χ3n) is 6.61. The smallest absolute Gasteiger partial charge is 0.271 e. The maximum Gasteiger partial charge on any atom is 0.271 e. The van der Waals surface area contributed by atoms with Crippen LogP contribution in [0.25, 0.3) is 5.65 Å². The molecule has 1 aliphatic carbocycles. The third-order valence-corrected chi connectivity index (χ3v) is 6.61. The van der Waals surface area contributed by atoms with Crippen LogP contribution in [0, 0.1) is 5.82 Å². The summed E-state index contributed by atoms with van der Waals surface area (Å²) >= 11 is 0. The number of hydrogen-bond acceptors (Lipinski definition) is 6. The minimum absolute atomic E-state index is 0.00510. The first-order valence-corrected chi connectivity index (χ1v) is 10.9. The Kier molecular flexibility index (Phi) is 4.21. The molecule has 2 unspecified atom stereocenters. The molecule has 2 atom stereocenters. The Balaban J connectivity index is 1.53. The standard InChI is InChI=1S/C22H24FN7O/c1-13-9-18-16(10-14(23)11-24-18)19-3-2-7-28(19)20-6-8-29-21(26-20)17(12-25-29)22(31)27-30(13)15-4-5-15/h6,8,10-13,15,19H,2-5,7,9H2,1H3,(H,27,31). The molecule has 8 nitrogen and oxygen atoms in total. The molecule has 1 N–H and O–H groups in total. The number of aromatic nitrogens is 4. The van der Waals surface area contributed by atoms with Crippen LogP contribution in [-0.2, 0) is 6.42 Å². The van der Waals surface area contributed by atoms with E-state index >= 15 is 0 Å². The van der Waals surface area contributed by atoms with E-state index in [1.165, 1.54) is 6.20 Å². The molecule has 1 amide bonds. The third kappa shape index (κ3) is 3.15. The number of nitrogens with one attached hydrogen (secondary N) is 1. The van der Waals surface area contributed by atoms with Gasteiger partial charge in [-0.1, -0.05) is 0 Å². The first-order chi connectivity index (χ1) is 15.1. The first-order valence-electron chi connectivity index (χ1n) is 10.9. The highest BCUT2D eigenvalue weighted by molar-refractivity contribution is 5.99. The second kappa shape index (κ2) is 6.98. The number of carbonyl (C=O) groups is 1. The summed E-state index contributed by atoms with van der Waals surface area (Å²) < 4.78 is 15.9. The fourth-order valence-electron chi connectivity index (χ4n) is 4.96. The molecule has 31 heavy (non-hydrogen) atoms. The molecule has 2 aliphatic heterocycles. The first kappa shape index (κ1) is 18.7. The van der Waals surface area contributed by atoms with E-state index in [9.17, 15) is 9.18 Å². The summed E-state index contributed by atoms with van der Waals surface area (Å²) in [6.45, 7) is 2.91. The fourth-order valence-corrected chi connectivity index (χ4v) is 4.96. The number of rotatable bonds is 1. The molecule has 9 heteroatoms. The summed E-state index contributed by atoms with van der Waals surface area (Å²) in [5.41, 5.74) is 5.88. The zero-order valence-electron chi connectivity index (χ0n) is 17.3. The van der Waals surface area contributed by atoms with Gasteiger partial charge >= 0.3 is 0 Å². The molecule has 5 heterocycles. The van der Waals surface area contributed by atoms with E-state index in [0.29, 0.717) is 23.7 Å². The van der Waals surface area contributed by atoms with Gasteiger partial charge in [0.1, 0.15) is 17.2 Å². The largest absolute Gasteiger partial charge is 0.349 e. The van der Waals surface area contributed by atoms with Crippen LogP contribution in [0.2, 0.25) is 0 Å². The van der Waals surface area contributed by atoms with Gasteiger partial charge in [0.2, 0.25) is 0 Å². The Morgan fingerprint density at radius 3 is 2.94 bits per heavy atom. The van der Waals surface area contributed by atoms with Gasteiger partial charge in [0.25, 0.3) is 5.91 Å². The predicted molar refractivity (Wildman–Crippen MR) is 112 cm³/mol. The van der Waals surface area contributed by atoms with E-state index in [-0.39, 0.29) is 23.8 Å². The number of fused-ring (bicyclic) bond motifs is 5. The van der Waals surface area contributed by atoms with Gasteiger partial charge in [-0.2, -0.15) is 5.10 Å². The van der Waals surface area contributed by atoms with Crippen LogP contribution in [-0.4, -0.2) is 49.1 Å². The summed E-state index contributed by atoms with van der Waals surface area (Å²) in [7, 11) is 0. The molecule has 6 rings (SSSR count). The van der Waals surface area contributed by atoms with E-state index in [2.05, 4.69) is 27.3 Å². The van der Waals surface area contributed by atoms with Crippen LogP contribution < -0.4 is 10.3 Å². The highest BCUT2D eigenvalue weighted by Gasteiger charge is 2.36. The zero-order valence-corrected chi connectivity index (χ0v) is 17.3. The molecule has 0 aromatic carbocycles. The predicted octanol–water partition coefficient (Wildman–Crippen LogP) is 2.66. The lowest BCUT2D eigenvalue weighted by Crippen LogP contribution is -2.49. The highest BCUT2D eigenvalue weighted by atomic mass is 19.1. The minimum atomic E-state index is -0.323. The monoisotopic (exact) mass is 421 g/mol. The topological polar surface area (TPSA) is 78.7 Å². The minimum Gasteiger partial charge on any atom is -0.349 e. The maximum absolute atomic E-state index is 14.3. The van der Waals surface area contributed by atoms with E-state index in [4.69, 9.17) is 4.98 Å². The van der Waals surface area contributed by atoms with Crippen molar-refractivity contribution < 1.29 is 9.18 Å². The summed E-state index contributed by atoms with van der Waals surface area (Å²) in [6, 6.07) is 3.86. The molecule has 0 spiro atoms. The summed E-state index contributed by atoms with van der Waals surface area (Å²) in [5.74, 6) is 0.241. The molecule has 2 fully saturated rings. The fraction of sp³-hybridized carbons (Fsp3) is 0.455. The summed E-state index contributed by atoms with van der Waals surface area (Å²) in [6.07, 6.45) is 9.32. The number of amides is 1. The summed E-state index contributed by atoms with van der Waals surface area (Å²) in [4.78, 5) is 24.7. The van der Waals surface area contributed by atoms with E-state index in [1.807, 2.05) is 17.3 Å². The summed E-state index contributed by atoms with van der Waals surface area (Å²) in [5, 5.41) is 6.35. The van der Waals surface area contributed by atoms with Gasteiger partial charge in [0, 0.05) is 36.9 Å². The van der Waals surface area contributed by atoms with Crippen molar-refractivity contribution in [2.45, 2.75) is 57.2 Å². The number of pyridine rings is 1. The number of nitrogens with zero attached hydrogens (tertiary/aromatic N) is 6. The number of hydrazine groups is 1. The van der Waals surface area contributed by atoms with Gasteiger partial charge in [-0.3, -0.25) is 15.2 Å². The van der Waals surface area contributed by atoms with Crippen LogP contribution >= 0.6 is 0 Å². The van der Waals surface area contributed by atoms with Gasteiger partial charge in [-0.15, -0.1) is 0 Å². The van der Waals surface area contributed by atoms with Crippen molar-refractivity contribution in [2.24, 2.45) is 0 Å². The number of anilines is 1. The van der Waals surface area contributed by atoms with Crippen molar-refractivity contribution in [1.29, 1.82) is 0 Å². The zero-order chi connectivity index (χ0) is 21.1. The van der Waals surface area contributed by atoms with Crippen LogP contribution in [0.5, 0.6) is 0 Å². The molecular weight excluding hydrogens is 397 g/mol. The van der Waals surface area contributed by atoms with Gasteiger partial charge in [0.05, 0.1) is 18.4 Å². The lowest BCUT2D eigenvalue weighted by atomic mass is 9.98. The molecule has 1 saturated carbocycles. The van der Waals surface area contributed by atoms with Crippen LogP contribution in [0.3, 0.4) is 0 Å². The molecule has 3 aromatic heterocycles. The number of hydrogen-bond donors (Lipinski definition) is 1. The quantitative estimate of drug-likeness (QED) is 0.651. The molecule has 160 valence electrons. The highest BCUT2D eigenvalue weighted by Crippen LogP contribution is 2.38. The van der Waals surface area contributed by atoms with Crippen molar-refractivity contribution in [2.75, 3.05) is 11.4 Å². The maximum atomic E-state index is 14.3. The molecule has 1 saturated heterocycles. The lowest BCUT2D eigenvalue weighted by Gasteiger charge is -2.31. The Morgan fingerprint density at radius 1 is 1.23 bits per heavy atom. The molecule has 0 radical (unpaired) electrons.